The molecule has 0 saturated carbocycles. The topological polar surface area (TPSA) is 72.2 Å². The van der Waals surface area contributed by atoms with E-state index in [0.717, 1.165) is 24.3 Å². The molecule has 0 radical (unpaired) electrons. The molecular weight excluding hydrogens is 378 g/mol. The normalized spacial score (nSPS) is 12.5. The second-order valence-electron chi connectivity index (χ2n) is 5.57. The zero-order chi connectivity index (χ0) is 20.4. The van der Waals surface area contributed by atoms with Gasteiger partial charge in [-0.3, -0.25) is 9.59 Å². The number of halogens is 6. The van der Waals surface area contributed by atoms with E-state index in [-0.39, 0.29) is 24.1 Å². The summed E-state index contributed by atoms with van der Waals surface area (Å²) in [7, 11) is 0. The van der Waals surface area contributed by atoms with Crippen LogP contribution in [0.15, 0.2) is 36.4 Å². The van der Waals surface area contributed by atoms with Crippen LogP contribution in [-0.4, -0.2) is 17.9 Å². The minimum atomic E-state index is -4.55. The first-order valence-corrected chi connectivity index (χ1v) is 7.40. The van der Waals surface area contributed by atoms with Crippen LogP contribution in [0.4, 0.5) is 26.3 Å². The Morgan fingerprint density at radius 3 is 1.96 bits per heavy atom. The van der Waals surface area contributed by atoms with Crippen LogP contribution in [-0.2, 0) is 17.4 Å². The minimum Gasteiger partial charge on any atom is -0.368 e. The standard InChI is InChI=1S/C17H12F6N2O2/c18-10-6-11(19)14(12(20)7-10)16(27)25-13(15(24)26)5-8-1-3-9(4-2-8)17(21,22)23/h1-4,6-7,13H,5H2,(H2,24,26)(H,25,27)/t13-/m0/s1. The van der Waals surface area contributed by atoms with Gasteiger partial charge < -0.3 is 11.1 Å². The molecule has 0 saturated heterocycles. The Hall–Kier alpha value is -3.04. The Bertz CT molecular complexity index is 842. The number of nitrogens with one attached hydrogen (secondary N) is 1. The molecule has 0 aromatic heterocycles. The van der Waals surface area contributed by atoms with Gasteiger partial charge in [-0.05, 0) is 17.7 Å². The van der Waals surface area contributed by atoms with Crippen LogP contribution in [0, 0.1) is 17.5 Å². The van der Waals surface area contributed by atoms with Gasteiger partial charge in [0.15, 0.2) is 0 Å². The first-order valence-electron chi connectivity index (χ1n) is 7.40. The van der Waals surface area contributed by atoms with Crippen LogP contribution < -0.4 is 11.1 Å². The summed E-state index contributed by atoms with van der Waals surface area (Å²) in [5.74, 6) is -6.64. The van der Waals surface area contributed by atoms with Crippen molar-refractivity contribution in [3.8, 4) is 0 Å². The molecule has 2 amide bonds. The van der Waals surface area contributed by atoms with Crippen LogP contribution in [0.5, 0.6) is 0 Å². The maximum absolute atomic E-state index is 13.6. The number of hydrogen-bond acceptors (Lipinski definition) is 2. The molecule has 0 aliphatic heterocycles. The van der Waals surface area contributed by atoms with E-state index < -0.39 is 52.6 Å². The second-order valence-corrected chi connectivity index (χ2v) is 5.57. The Morgan fingerprint density at radius 2 is 1.52 bits per heavy atom. The molecule has 27 heavy (non-hydrogen) atoms. The third kappa shape index (κ3) is 4.99. The van der Waals surface area contributed by atoms with Crippen LogP contribution in [0.25, 0.3) is 0 Å². The first-order chi connectivity index (χ1) is 12.5. The molecule has 2 aromatic rings. The van der Waals surface area contributed by atoms with Gasteiger partial charge in [0.05, 0.1) is 5.56 Å². The highest BCUT2D eigenvalue weighted by molar-refractivity contribution is 5.97. The van der Waals surface area contributed by atoms with E-state index >= 15 is 0 Å². The Morgan fingerprint density at radius 1 is 1.00 bits per heavy atom. The van der Waals surface area contributed by atoms with Crippen molar-refractivity contribution in [2.45, 2.75) is 18.6 Å². The summed E-state index contributed by atoms with van der Waals surface area (Å²) in [4.78, 5) is 23.5. The van der Waals surface area contributed by atoms with Gasteiger partial charge in [0, 0.05) is 18.6 Å². The van der Waals surface area contributed by atoms with Crippen molar-refractivity contribution in [1.82, 2.24) is 5.32 Å². The number of carbonyl (C=O) groups excluding carboxylic acids is 2. The van der Waals surface area contributed by atoms with Gasteiger partial charge in [-0.2, -0.15) is 13.2 Å². The van der Waals surface area contributed by atoms with Gasteiger partial charge in [-0.25, -0.2) is 13.2 Å². The molecule has 4 nitrogen and oxygen atoms in total. The van der Waals surface area contributed by atoms with E-state index in [2.05, 4.69) is 0 Å². The molecule has 2 rings (SSSR count). The lowest BCUT2D eigenvalue weighted by molar-refractivity contribution is -0.137. The average molecular weight is 390 g/mol. The van der Waals surface area contributed by atoms with Gasteiger partial charge in [-0.1, -0.05) is 12.1 Å². The third-order valence-corrected chi connectivity index (χ3v) is 3.60. The van der Waals surface area contributed by atoms with Crippen molar-refractivity contribution in [3.63, 3.8) is 0 Å². The van der Waals surface area contributed by atoms with Gasteiger partial charge in [0.2, 0.25) is 5.91 Å². The van der Waals surface area contributed by atoms with Crippen molar-refractivity contribution >= 4 is 11.8 Å². The van der Waals surface area contributed by atoms with Gasteiger partial charge in [0.25, 0.3) is 5.91 Å². The fraction of sp³-hybridized carbons (Fsp3) is 0.176. The quantitative estimate of drug-likeness (QED) is 0.771. The predicted molar refractivity (Wildman–Crippen MR) is 81.9 cm³/mol. The summed E-state index contributed by atoms with van der Waals surface area (Å²) in [6.07, 6.45) is -4.86. The zero-order valence-corrected chi connectivity index (χ0v) is 13.4. The lowest BCUT2D eigenvalue weighted by atomic mass is 10.0. The van der Waals surface area contributed by atoms with Crippen molar-refractivity contribution < 1.29 is 35.9 Å². The molecule has 0 aliphatic rings. The zero-order valence-electron chi connectivity index (χ0n) is 13.4. The lowest BCUT2D eigenvalue weighted by Gasteiger charge is -2.16. The molecule has 0 unspecified atom stereocenters. The van der Waals surface area contributed by atoms with Gasteiger partial charge >= 0.3 is 6.18 Å². The molecule has 0 bridgehead atoms. The van der Waals surface area contributed by atoms with Crippen molar-refractivity contribution in [2.24, 2.45) is 5.73 Å². The van der Waals surface area contributed by atoms with Crippen LogP contribution >= 0.6 is 0 Å². The van der Waals surface area contributed by atoms with Gasteiger partial charge in [-0.15, -0.1) is 0 Å². The van der Waals surface area contributed by atoms with Gasteiger partial charge in [0.1, 0.15) is 29.1 Å². The molecule has 2 aromatic carbocycles. The van der Waals surface area contributed by atoms with E-state index in [9.17, 15) is 35.9 Å². The molecule has 0 heterocycles. The van der Waals surface area contributed by atoms with Crippen molar-refractivity contribution in [3.05, 3.63) is 70.5 Å². The maximum Gasteiger partial charge on any atom is 0.416 e. The monoisotopic (exact) mass is 390 g/mol. The van der Waals surface area contributed by atoms with E-state index in [0.29, 0.717) is 0 Å². The largest absolute Gasteiger partial charge is 0.416 e. The number of primary amides is 1. The van der Waals surface area contributed by atoms with Crippen LogP contribution in [0.3, 0.4) is 0 Å². The van der Waals surface area contributed by atoms with Crippen LogP contribution in [0.2, 0.25) is 0 Å². The number of amides is 2. The number of hydrogen-bond donors (Lipinski definition) is 2. The fourth-order valence-corrected chi connectivity index (χ4v) is 2.28. The molecule has 0 aliphatic carbocycles. The number of nitrogens with two attached hydrogens (primary N) is 1. The molecule has 0 spiro atoms. The first kappa shape index (κ1) is 20.3. The summed E-state index contributed by atoms with van der Waals surface area (Å²) >= 11 is 0. The van der Waals surface area contributed by atoms with E-state index in [1.54, 1.807) is 0 Å². The molecule has 0 fully saturated rings. The smallest absolute Gasteiger partial charge is 0.368 e. The number of carbonyl (C=O) groups is 2. The lowest BCUT2D eigenvalue weighted by Crippen LogP contribution is -2.46. The highest BCUT2D eigenvalue weighted by Gasteiger charge is 2.30. The summed E-state index contributed by atoms with van der Waals surface area (Å²) in [5, 5.41) is 1.99. The second kappa shape index (κ2) is 7.68. The molecular formula is C17H12F6N2O2. The minimum absolute atomic E-state index is 0.215. The summed E-state index contributed by atoms with van der Waals surface area (Å²) in [6.45, 7) is 0. The Labute approximate surface area is 149 Å². The summed E-state index contributed by atoms with van der Waals surface area (Å²) < 4.78 is 77.8. The number of alkyl halides is 3. The SMILES string of the molecule is NC(=O)[C@H](Cc1ccc(C(F)(F)F)cc1)NC(=O)c1c(F)cc(F)cc1F. The van der Waals surface area contributed by atoms with Crippen molar-refractivity contribution in [2.75, 3.05) is 0 Å². The van der Waals surface area contributed by atoms with Crippen molar-refractivity contribution in [1.29, 1.82) is 0 Å². The van der Waals surface area contributed by atoms with E-state index in [1.165, 1.54) is 0 Å². The van der Waals surface area contributed by atoms with E-state index in [1.807, 2.05) is 5.32 Å². The number of benzene rings is 2. The molecule has 10 heteroatoms. The fourth-order valence-electron chi connectivity index (χ4n) is 2.28. The van der Waals surface area contributed by atoms with Crippen LogP contribution in [0.1, 0.15) is 21.5 Å². The third-order valence-electron chi connectivity index (χ3n) is 3.60. The average Bonchev–Trinajstić information content (AvgIpc) is 2.52. The predicted octanol–water partition coefficient (Wildman–Crippen LogP) is 2.95. The Kier molecular flexibility index (Phi) is 5.77. The molecule has 3 N–H and O–H groups in total. The van der Waals surface area contributed by atoms with E-state index in [4.69, 9.17) is 5.73 Å². The molecule has 1 atom stereocenters. The Balaban J connectivity index is 2.19. The molecule has 144 valence electrons. The highest BCUT2D eigenvalue weighted by Crippen LogP contribution is 2.29. The summed E-state index contributed by atoms with van der Waals surface area (Å²) in [5.41, 5.74) is 3.31. The number of rotatable bonds is 5. The maximum atomic E-state index is 13.6. The highest BCUT2D eigenvalue weighted by atomic mass is 19.4. The summed E-state index contributed by atoms with van der Waals surface area (Å²) in [6, 6.07) is 2.80.